The molecule has 0 unspecified atom stereocenters. The van der Waals surface area contributed by atoms with E-state index in [0.717, 1.165) is 46.4 Å². The van der Waals surface area contributed by atoms with E-state index < -0.39 is 0 Å². The highest BCUT2D eigenvalue weighted by Gasteiger charge is 2.61. The fraction of sp³-hybridized carbons (Fsp3) is 0.654. The molecule has 6 rings (SSSR count). The number of thiazole rings is 1. The van der Waals surface area contributed by atoms with Crippen molar-refractivity contribution in [3.05, 3.63) is 24.3 Å². The quantitative estimate of drug-likeness (QED) is 0.538. The van der Waals surface area contributed by atoms with Crippen molar-refractivity contribution in [3.8, 4) is 5.19 Å². The van der Waals surface area contributed by atoms with Crippen LogP contribution in [0.5, 0.6) is 5.19 Å². The van der Waals surface area contributed by atoms with E-state index in [9.17, 15) is 4.79 Å². The van der Waals surface area contributed by atoms with E-state index in [-0.39, 0.29) is 16.7 Å². The number of ether oxygens (including phenoxy) is 1. The van der Waals surface area contributed by atoms with Crippen molar-refractivity contribution in [3.63, 3.8) is 0 Å². The molecule has 4 aliphatic rings. The predicted octanol–water partition coefficient (Wildman–Crippen LogP) is 6.14. The van der Waals surface area contributed by atoms with Gasteiger partial charge in [-0.3, -0.25) is 4.79 Å². The van der Waals surface area contributed by atoms with Gasteiger partial charge in [0.1, 0.15) is 0 Å². The van der Waals surface area contributed by atoms with Crippen molar-refractivity contribution in [1.29, 1.82) is 0 Å². The van der Waals surface area contributed by atoms with Gasteiger partial charge in [-0.1, -0.05) is 37.3 Å². The van der Waals surface area contributed by atoms with Gasteiger partial charge in [-0.25, -0.2) is 4.98 Å². The van der Waals surface area contributed by atoms with E-state index in [2.05, 4.69) is 30.2 Å². The lowest BCUT2D eigenvalue weighted by molar-refractivity contribution is -0.136. The smallest absolute Gasteiger partial charge is 0.280 e. The molecule has 0 spiro atoms. The van der Waals surface area contributed by atoms with Crippen LogP contribution in [-0.2, 0) is 4.79 Å². The number of benzene rings is 1. The predicted molar refractivity (Wildman–Crippen MR) is 132 cm³/mol. The lowest BCUT2D eigenvalue weighted by Crippen LogP contribution is -2.61. The van der Waals surface area contributed by atoms with E-state index in [1.807, 2.05) is 18.2 Å². The first-order valence-corrected chi connectivity index (χ1v) is 13.5. The first-order chi connectivity index (χ1) is 15.4. The number of hydrogen-bond acceptors (Lipinski definition) is 5. The number of carbonyl (C=O) groups excluding carboxylic acids is 1. The van der Waals surface area contributed by atoms with E-state index in [4.69, 9.17) is 17.0 Å². The zero-order chi connectivity index (χ0) is 22.1. The number of carbonyl (C=O) groups is 1. The first kappa shape index (κ1) is 21.0. The van der Waals surface area contributed by atoms with Gasteiger partial charge in [0, 0.05) is 18.4 Å². The summed E-state index contributed by atoms with van der Waals surface area (Å²) in [6, 6.07) is 8.53. The number of nitrogens with zero attached hydrogens (tertiary/aromatic N) is 1. The van der Waals surface area contributed by atoms with Crippen LogP contribution in [-0.4, -0.2) is 22.0 Å². The van der Waals surface area contributed by atoms with Gasteiger partial charge in [-0.05, 0) is 97.9 Å². The summed E-state index contributed by atoms with van der Waals surface area (Å²) in [6.07, 6.45) is 8.96. The van der Waals surface area contributed by atoms with Crippen LogP contribution < -0.4 is 10.1 Å². The average Bonchev–Trinajstić information content (AvgIpc) is 3.34. The maximum Gasteiger partial charge on any atom is 0.280 e. The normalized spacial score (nSPS) is 40.8. The van der Waals surface area contributed by atoms with E-state index in [1.165, 1.54) is 25.7 Å². The Balaban J connectivity index is 1.22. The minimum Gasteiger partial charge on any atom is -0.423 e. The van der Waals surface area contributed by atoms with Gasteiger partial charge < -0.3 is 10.1 Å². The number of para-hydroxylation sites is 1. The third kappa shape index (κ3) is 3.08. The van der Waals surface area contributed by atoms with Crippen LogP contribution in [0.15, 0.2) is 24.3 Å². The van der Waals surface area contributed by atoms with Gasteiger partial charge in [-0.15, -0.1) is 0 Å². The van der Waals surface area contributed by atoms with E-state index in [0.29, 0.717) is 29.5 Å². The summed E-state index contributed by atoms with van der Waals surface area (Å²) in [6.45, 7) is 4.94. The Hall–Kier alpha value is -1.53. The molecule has 2 aromatic rings. The van der Waals surface area contributed by atoms with E-state index >= 15 is 0 Å². The Bertz CT molecular complexity index is 1050. The zero-order valence-corrected chi connectivity index (χ0v) is 20.6. The fourth-order valence-electron chi connectivity index (χ4n) is 8.14. The maximum absolute atomic E-state index is 12.0. The van der Waals surface area contributed by atoms with Gasteiger partial charge in [0.15, 0.2) is 5.05 Å². The molecule has 4 nitrogen and oxygen atoms in total. The number of nitrogens with one attached hydrogen (secondary N) is 1. The third-order valence-corrected chi connectivity index (χ3v) is 11.1. The Morgan fingerprint density at radius 2 is 1.91 bits per heavy atom. The van der Waals surface area contributed by atoms with Crippen LogP contribution in [0.4, 0.5) is 0 Å². The molecule has 6 heteroatoms. The van der Waals surface area contributed by atoms with Crippen molar-refractivity contribution in [2.75, 3.05) is 0 Å². The summed E-state index contributed by atoms with van der Waals surface area (Å²) in [7, 11) is 0. The summed E-state index contributed by atoms with van der Waals surface area (Å²) in [5, 5.41) is 4.77. The molecule has 1 saturated heterocycles. The molecule has 1 aromatic heterocycles. The molecule has 1 N–H and O–H groups in total. The molecule has 3 aliphatic carbocycles. The monoisotopic (exact) mass is 468 g/mol. The highest BCUT2D eigenvalue weighted by atomic mass is 32.1. The Morgan fingerprint density at radius 1 is 1.09 bits per heavy atom. The molecule has 7 atom stereocenters. The van der Waals surface area contributed by atoms with Crippen LogP contribution in [0.25, 0.3) is 10.2 Å². The number of hydrogen-bond donors (Lipinski definition) is 1. The summed E-state index contributed by atoms with van der Waals surface area (Å²) in [5.74, 6) is 2.76. The van der Waals surface area contributed by atoms with Crippen molar-refractivity contribution in [2.24, 2.45) is 34.5 Å². The number of aromatic nitrogens is 1. The zero-order valence-electron chi connectivity index (χ0n) is 18.9. The summed E-state index contributed by atoms with van der Waals surface area (Å²) < 4.78 is 7.39. The number of thiocarbonyl (C=S) groups is 1. The van der Waals surface area contributed by atoms with Crippen LogP contribution in [0, 0.1) is 34.5 Å². The molecule has 170 valence electrons. The summed E-state index contributed by atoms with van der Waals surface area (Å²) in [5.41, 5.74) is 1.46. The van der Waals surface area contributed by atoms with Gasteiger partial charge in [0.2, 0.25) is 5.91 Å². The largest absolute Gasteiger partial charge is 0.423 e. The molecule has 0 radical (unpaired) electrons. The lowest BCUT2D eigenvalue weighted by atomic mass is 9.47. The van der Waals surface area contributed by atoms with Crippen LogP contribution >= 0.6 is 23.6 Å². The minimum absolute atomic E-state index is 0.218. The Labute approximate surface area is 199 Å². The van der Waals surface area contributed by atoms with Crippen molar-refractivity contribution < 1.29 is 9.53 Å². The van der Waals surface area contributed by atoms with Gasteiger partial charge in [0.05, 0.1) is 10.2 Å². The molecular formula is C26H32N2O2S2. The van der Waals surface area contributed by atoms with Crippen molar-refractivity contribution >= 4 is 44.7 Å². The lowest BCUT2D eigenvalue weighted by Gasteiger charge is -2.60. The first-order valence-electron chi connectivity index (χ1n) is 12.2. The number of fused-ring (bicyclic) bond motifs is 6. The van der Waals surface area contributed by atoms with Crippen LogP contribution in [0.2, 0.25) is 0 Å². The molecule has 1 aliphatic heterocycles. The number of rotatable bonds is 2. The van der Waals surface area contributed by atoms with Crippen molar-refractivity contribution in [1.82, 2.24) is 10.3 Å². The minimum atomic E-state index is 0.218. The second kappa shape index (κ2) is 7.49. The van der Waals surface area contributed by atoms with Gasteiger partial charge in [-0.2, -0.15) is 0 Å². The number of piperidine rings is 1. The molecule has 1 amide bonds. The fourth-order valence-corrected chi connectivity index (χ4v) is 9.49. The van der Waals surface area contributed by atoms with Crippen molar-refractivity contribution in [2.45, 2.75) is 71.3 Å². The Kier molecular flexibility index (Phi) is 4.92. The summed E-state index contributed by atoms with van der Waals surface area (Å²) >= 11 is 7.50. The van der Waals surface area contributed by atoms with Crippen LogP contribution in [0.3, 0.4) is 0 Å². The molecule has 3 saturated carbocycles. The summed E-state index contributed by atoms with van der Waals surface area (Å²) in [4.78, 5) is 16.7. The molecule has 32 heavy (non-hydrogen) atoms. The Morgan fingerprint density at radius 3 is 2.75 bits per heavy atom. The van der Waals surface area contributed by atoms with Gasteiger partial charge >= 0.3 is 0 Å². The maximum atomic E-state index is 12.0. The SMILES string of the molecule is C[C@]12CCC(=O)N[C@@H]1CC[C@@H]1[C@@H]2CC[C@]2(C)[C@@H](C(=S)Oc3nc4ccccc4s3)CC[C@@H]12. The second-order valence-corrected chi connectivity index (χ2v) is 12.5. The highest BCUT2D eigenvalue weighted by molar-refractivity contribution is 7.80. The number of amides is 1. The third-order valence-electron chi connectivity index (χ3n) is 9.84. The standard InChI is InChI=1S/C26H32N2O2S2/c1-25-13-11-17-15(7-10-21-26(17,2)14-12-22(29)28-21)16(25)8-9-18(25)23(31)30-24-27-19-5-3-4-6-20(19)32-24/h3-6,15-18,21H,7-14H2,1-2H3,(H,28,29)/t15-,16-,17-,18+,21+,25-,26+/m0/s1. The highest BCUT2D eigenvalue weighted by Crippen LogP contribution is 2.65. The van der Waals surface area contributed by atoms with E-state index in [1.54, 1.807) is 11.3 Å². The van der Waals surface area contributed by atoms with Gasteiger partial charge in [0.25, 0.3) is 5.19 Å². The topological polar surface area (TPSA) is 51.2 Å². The molecular weight excluding hydrogens is 436 g/mol. The van der Waals surface area contributed by atoms with Crippen LogP contribution in [0.1, 0.15) is 65.2 Å². The molecule has 4 fully saturated rings. The molecule has 1 aromatic carbocycles. The average molecular weight is 469 g/mol. The molecule has 2 heterocycles. The molecule has 0 bridgehead atoms. The second-order valence-electron chi connectivity index (χ2n) is 11.1.